The molecule has 0 radical (unpaired) electrons. The molecule has 1 fully saturated rings. The Balaban J connectivity index is 2.34. The van der Waals surface area contributed by atoms with E-state index in [1.54, 1.807) is 0 Å². The number of nitrogens with one attached hydrogen (secondary N) is 1. The molecule has 4 N–H and O–H groups in total. The Bertz CT molecular complexity index is 510. The summed E-state index contributed by atoms with van der Waals surface area (Å²) in [5.74, 6) is 0. The molecule has 0 unspecified atom stereocenters. The van der Waals surface area contributed by atoms with Crippen LogP contribution in [0.2, 0.25) is 0 Å². The summed E-state index contributed by atoms with van der Waals surface area (Å²) in [4.78, 5) is 24.1. The topological polar surface area (TPSA) is 138 Å². The molecule has 9 nitrogen and oxygen atoms in total. The van der Waals surface area contributed by atoms with Gasteiger partial charge in [-0.1, -0.05) is 0 Å². The van der Waals surface area contributed by atoms with E-state index in [-0.39, 0.29) is 6.61 Å². The first-order chi connectivity index (χ1) is 8.00. The van der Waals surface area contributed by atoms with Gasteiger partial charge in [-0.3, -0.25) is 9.78 Å². The summed E-state index contributed by atoms with van der Waals surface area (Å²) >= 11 is 0. The van der Waals surface area contributed by atoms with Gasteiger partial charge in [0.25, 0.3) is 5.56 Å². The smallest absolute Gasteiger partial charge is 0.347 e. The molecule has 4 atom stereocenters. The van der Waals surface area contributed by atoms with Crippen molar-refractivity contribution in [3.63, 3.8) is 0 Å². The van der Waals surface area contributed by atoms with Crippen molar-refractivity contribution < 1.29 is 20.1 Å². The average Bonchev–Trinajstić information content (AvgIpc) is 2.28. The van der Waals surface area contributed by atoms with Crippen LogP contribution in [0, 0.1) is 0 Å². The van der Waals surface area contributed by atoms with Crippen molar-refractivity contribution in [2.45, 2.75) is 24.5 Å². The number of nitrogens with zero attached hydrogens (tertiary/aromatic N) is 2. The highest BCUT2D eigenvalue weighted by Gasteiger charge is 2.39. The van der Waals surface area contributed by atoms with Gasteiger partial charge in [0, 0.05) is 0 Å². The monoisotopic (exact) mass is 245 g/mol. The number of aliphatic hydroxyl groups excluding tert-OH is 3. The minimum atomic E-state index is -1.52. The number of hydrogen-bond acceptors (Lipinski definition) is 7. The third-order valence-electron chi connectivity index (χ3n) is 2.45. The molecule has 0 bridgehead atoms. The maximum Gasteiger partial charge on any atom is 0.347 e. The van der Waals surface area contributed by atoms with Crippen LogP contribution in [0.5, 0.6) is 0 Å². The second-order valence-corrected chi connectivity index (χ2v) is 3.66. The Hall–Kier alpha value is -1.55. The Labute approximate surface area is 93.9 Å². The van der Waals surface area contributed by atoms with Crippen LogP contribution in [0.4, 0.5) is 0 Å². The molecule has 0 saturated carbocycles. The van der Waals surface area contributed by atoms with E-state index in [0.717, 1.165) is 6.20 Å². The van der Waals surface area contributed by atoms with Crippen LogP contribution < -0.4 is 11.2 Å². The van der Waals surface area contributed by atoms with Gasteiger partial charge in [-0.05, 0) is 0 Å². The van der Waals surface area contributed by atoms with Gasteiger partial charge in [0.15, 0.2) is 6.23 Å². The molecule has 0 amide bonds. The number of H-pyrrole nitrogens is 1. The lowest BCUT2D eigenvalue weighted by Gasteiger charge is -2.34. The van der Waals surface area contributed by atoms with Gasteiger partial charge in [-0.2, -0.15) is 9.78 Å². The lowest BCUT2D eigenvalue weighted by molar-refractivity contribution is -0.215. The lowest BCUT2D eigenvalue weighted by atomic mass is 10.0. The van der Waals surface area contributed by atoms with Crippen LogP contribution >= 0.6 is 0 Å². The third kappa shape index (κ3) is 2.13. The Morgan fingerprint density at radius 2 is 2.06 bits per heavy atom. The first-order valence-electron chi connectivity index (χ1n) is 4.84. The van der Waals surface area contributed by atoms with Gasteiger partial charge in [0.05, 0.1) is 6.61 Å². The highest BCUT2D eigenvalue weighted by molar-refractivity contribution is 4.85. The zero-order valence-electron chi connectivity index (χ0n) is 8.55. The summed E-state index contributed by atoms with van der Waals surface area (Å²) in [6, 6.07) is 0. The molecular formula is C8H11N3O6. The van der Waals surface area contributed by atoms with Crippen molar-refractivity contribution in [1.29, 1.82) is 0 Å². The minimum Gasteiger partial charge on any atom is -0.388 e. The van der Waals surface area contributed by atoms with Crippen molar-refractivity contribution in [2.75, 3.05) is 6.61 Å². The Morgan fingerprint density at radius 1 is 1.35 bits per heavy atom. The van der Waals surface area contributed by atoms with E-state index in [9.17, 15) is 24.9 Å². The molecule has 1 saturated heterocycles. The Morgan fingerprint density at radius 3 is 2.71 bits per heavy atom. The van der Waals surface area contributed by atoms with E-state index in [1.807, 2.05) is 4.98 Å². The van der Waals surface area contributed by atoms with Crippen molar-refractivity contribution in [3.8, 4) is 0 Å². The zero-order chi connectivity index (χ0) is 12.6. The summed E-state index contributed by atoms with van der Waals surface area (Å²) in [6.45, 7) is -0.254. The molecule has 2 rings (SSSR count). The van der Waals surface area contributed by atoms with Gasteiger partial charge in [0.1, 0.15) is 24.5 Å². The van der Waals surface area contributed by atoms with Crippen LogP contribution in [0.1, 0.15) is 6.23 Å². The van der Waals surface area contributed by atoms with Gasteiger partial charge >= 0.3 is 5.69 Å². The van der Waals surface area contributed by atoms with Gasteiger partial charge in [-0.25, -0.2) is 4.79 Å². The molecule has 1 aliphatic rings. The molecule has 0 aliphatic carbocycles. The highest BCUT2D eigenvalue weighted by atomic mass is 16.5. The summed E-state index contributed by atoms with van der Waals surface area (Å²) < 4.78 is 5.69. The SMILES string of the molecule is O=c1cnn([C@@H]2OC[C@@H](O)[C@@H](O)[C@@H]2O)c(=O)[nH]1. The molecule has 9 heteroatoms. The Kier molecular flexibility index (Phi) is 3.07. The first kappa shape index (κ1) is 11.9. The van der Waals surface area contributed by atoms with Crippen LogP contribution in [-0.2, 0) is 4.74 Å². The highest BCUT2D eigenvalue weighted by Crippen LogP contribution is 2.21. The average molecular weight is 245 g/mol. The van der Waals surface area contributed by atoms with Crippen molar-refractivity contribution >= 4 is 0 Å². The quantitative estimate of drug-likeness (QED) is 0.403. The molecule has 1 aromatic rings. The van der Waals surface area contributed by atoms with E-state index < -0.39 is 35.8 Å². The molecule has 0 aromatic carbocycles. The van der Waals surface area contributed by atoms with E-state index in [0.29, 0.717) is 4.68 Å². The largest absolute Gasteiger partial charge is 0.388 e. The predicted molar refractivity (Wildman–Crippen MR) is 52.1 cm³/mol. The van der Waals surface area contributed by atoms with E-state index in [4.69, 9.17) is 4.74 Å². The summed E-state index contributed by atoms with van der Waals surface area (Å²) in [7, 11) is 0. The minimum absolute atomic E-state index is 0.254. The normalized spacial score (nSPS) is 33.6. The van der Waals surface area contributed by atoms with Crippen LogP contribution in [-0.4, -0.2) is 55.0 Å². The number of hydrogen-bond donors (Lipinski definition) is 4. The fourth-order valence-electron chi connectivity index (χ4n) is 1.55. The third-order valence-corrected chi connectivity index (χ3v) is 2.45. The van der Waals surface area contributed by atoms with Gasteiger partial charge in [-0.15, -0.1) is 0 Å². The van der Waals surface area contributed by atoms with Crippen molar-refractivity contribution in [1.82, 2.24) is 14.8 Å². The molecule has 2 heterocycles. The summed E-state index contributed by atoms with van der Waals surface area (Å²) in [5, 5.41) is 31.8. The van der Waals surface area contributed by atoms with E-state index in [2.05, 4.69) is 5.10 Å². The number of rotatable bonds is 1. The summed E-state index contributed by atoms with van der Waals surface area (Å²) in [6.07, 6.45) is -4.61. The number of aliphatic hydroxyl groups is 3. The second kappa shape index (κ2) is 4.37. The van der Waals surface area contributed by atoms with Crippen LogP contribution in [0.15, 0.2) is 15.8 Å². The second-order valence-electron chi connectivity index (χ2n) is 3.66. The molecule has 0 spiro atoms. The van der Waals surface area contributed by atoms with Crippen molar-refractivity contribution in [3.05, 3.63) is 27.0 Å². The lowest BCUT2D eigenvalue weighted by Crippen LogP contribution is -2.53. The van der Waals surface area contributed by atoms with E-state index >= 15 is 0 Å². The van der Waals surface area contributed by atoms with Crippen LogP contribution in [0.3, 0.4) is 0 Å². The van der Waals surface area contributed by atoms with Crippen molar-refractivity contribution in [2.24, 2.45) is 0 Å². The zero-order valence-corrected chi connectivity index (χ0v) is 8.55. The van der Waals surface area contributed by atoms with Crippen LogP contribution in [0.25, 0.3) is 0 Å². The molecule has 1 aliphatic heterocycles. The number of aromatic nitrogens is 3. The van der Waals surface area contributed by atoms with Gasteiger partial charge < -0.3 is 20.1 Å². The fourth-order valence-corrected chi connectivity index (χ4v) is 1.55. The predicted octanol–water partition coefficient (Wildman–Crippen LogP) is -3.46. The summed E-state index contributed by atoms with van der Waals surface area (Å²) in [5.41, 5.74) is -1.55. The molecule has 1 aromatic heterocycles. The maximum atomic E-state index is 11.4. The van der Waals surface area contributed by atoms with E-state index in [1.165, 1.54) is 0 Å². The number of aromatic amines is 1. The number of ether oxygens (including phenoxy) is 1. The molecule has 17 heavy (non-hydrogen) atoms. The molecular weight excluding hydrogens is 234 g/mol. The van der Waals surface area contributed by atoms with Gasteiger partial charge in [0.2, 0.25) is 0 Å². The fraction of sp³-hybridized carbons (Fsp3) is 0.625. The standard InChI is InChI=1S/C8H11N3O6/c12-3-2-17-7(6(15)5(3)14)11-8(16)10-4(13)1-9-11/h1,3,5-7,12,14-15H,2H2,(H,10,13,16)/t3-,5-,6+,7-/m1/s1. The maximum absolute atomic E-state index is 11.4. The first-order valence-corrected chi connectivity index (χ1v) is 4.84. The molecule has 94 valence electrons.